The van der Waals surface area contributed by atoms with Crippen LogP contribution in [0.5, 0.6) is 23.0 Å². The van der Waals surface area contributed by atoms with Crippen LogP contribution in [0.3, 0.4) is 0 Å². The lowest BCUT2D eigenvalue weighted by atomic mass is 9.85. The number of aliphatic hydroxyl groups is 1. The van der Waals surface area contributed by atoms with Crippen molar-refractivity contribution in [2.45, 2.75) is 78.1 Å². The molecule has 0 aliphatic carbocycles. The molecule has 3 heterocycles. The van der Waals surface area contributed by atoms with Crippen LogP contribution in [0.1, 0.15) is 64.3 Å². The van der Waals surface area contributed by atoms with Gasteiger partial charge in [-0.2, -0.15) is 0 Å². The summed E-state index contributed by atoms with van der Waals surface area (Å²) in [4.78, 5) is 48.3. The van der Waals surface area contributed by atoms with Gasteiger partial charge in [0.05, 0.1) is 39.7 Å². The maximum atomic E-state index is 14.0. The lowest BCUT2D eigenvalue weighted by Crippen LogP contribution is -2.58. The number of ether oxygens (including phenoxy) is 4. The number of benzene rings is 4. The van der Waals surface area contributed by atoms with Crippen molar-refractivity contribution in [2.75, 3.05) is 39.6 Å². The molecular formula is C51H57FN4O9S2. The Labute approximate surface area is 397 Å². The number of β-amino-alcohol motifs (C(OH)–C–C–N with tert-alkyl or cyclic N) is 1. The first-order valence-corrected chi connectivity index (χ1v) is 24.0. The largest absolute Gasteiger partial charge is 0.508 e. The van der Waals surface area contributed by atoms with Gasteiger partial charge in [0, 0.05) is 49.3 Å². The number of phenols is 1. The summed E-state index contributed by atoms with van der Waals surface area (Å²) >= 11 is 3.03. The van der Waals surface area contributed by atoms with Crippen molar-refractivity contribution < 1.29 is 47.9 Å². The molecular weight excluding hydrogens is 896 g/mol. The molecule has 0 radical (unpaired) electrons. The average Bonchev–Trinajstić information content (AvgIpc) is 4.02. The summed E-state index contributed by atoms with van der Waals surface area (Å²) in [6.07, 6.45) is 0.412. The van der Waals surface area contributed by atoms with E-state index in [4.69, 9.17) is 18.9 Å². The predicted octanol–water partition coefficient (Wildman–Crippen LogP) is 9.20. The van der Waals surface area contributed by atoms with Crippen LogP contribution in [0.15, 0.2) is 96.5 Å². The number of aryl methyl sites for hydroxylation is 1. The van der Waals surface area contributed by atoms with Crippen molar-refractivity contribution in [1.82, 2.24) is 20.5 Å². The fraction of sp³-hybridized carbons (Fsp3) is 0.373. The van der Waals surface area contributed by atoms with Crippen LogP contribution in [0.25, 0.3) is 31.0 Å². The van der Waals surface area contributed by atoms with Gasteiger partial charge in [-0.1, -0.05) is 57.2 Å². The number of carbonyl (C=O) groups excluding carboxylic acids is 3. The number of phenolic OH excluding ortho intramolecular Hbond substituents is 1. The van der Waals surface area contributed by atoms with Crippen LogP contribution >= 0.6 is 22.7 Å². The number of amides is 3. The standard InChI is InChI=1S/C51H57FN4O9S2/c1-31(33-8-10-34(11-9-33)46-32(2)53-30-66-46)54-49(60)42-26-38(58)28-56(42)50(61)48(51(3,4)5)55-44(59)29-63-24-6-22-62-23-7-25-64-39-17-19-40(20-18-39)65-45-41-21-16-37(57)27-43(41)67-47(45)35-12-14-36(52)15-13-35/h8-21,27,30-31,38,42,48,57-58H,6-7,22-26,28-29H2,1-5H3,(H,54,60)(H,55,59)/t31-,38+,42-,48+/m0/s1. The number of aliphatic hydroxyl groups excluding tert-OH is 1. The van der Waals surface area contributed by atoms with Crippen LogP contribution in [-0.4, -0.2) is 95.6 Å². The number of hydrogen-bond donors (Lipinski definition) is 4. The topological polar surface area (TPSA) is 169 Å². The molecule has 4 aromatic carbocycles. The quantitative estimate of drug-likeness (QED) is 0.0542. The van der Waals surface area contributed by atoms with Gasteiger partial charge >= 0.3 is 0 Å². The Morgan fingerprint density at radius 3 is 2.21 bits per heavy atom. The number of thiazole rings is 1. The average molecular weight is 953 g/mol. The van der Waals surface area contributed by atoms with E-state index in [1.54, 1.807) is 41.7 Å². The van der Waals surface area contributed by atoms with E-state index in [9.17, 15) is 29.0 Å². The smallest absolute Gasteiger partial charge is 0.246 e. The highest BCUT2D eigenvalue weighted by molar-refractivity contribution is 7.22. The van der Waals surface area contributed by atoms with Gasteiger partial charge in [0.25, 0.3) is 0 Å². The molecule has 1 saturated heterocycles. The van der Waals surface area contributed by atoms with Gasteiger partial charge in [0.2, 0.25) is 17.7 Å². The number of nitrogens with zero attached hydrogens (tertiary/aromatic N) is 2. The molecule has 0 saturated carbocycles. The Balaban J connectivity index is 0.795. The second-order valence-electron chi connectivity index (χ2n) is 17.6. The van der Waals surface area contributed by atoms with E-state index in [2.05, 4.69) is 15.6 Å². The molecule has 1 fully saturated rings. The summed E-state index contributed by atoms with van der Waals surface area (Å²) in [5, 5.41) is 27.3. The molecule has 67 heavy (non-hydrogen) atoms. The van der Waals surface area contributed by atoms with E-state index in [1.165, 1.54) is 28.4 Å². The number of carbonyl (C=O) groups is 3. The highest BCUT2D eigenvalue weighted by Crippen LogP contribution is 2.47. The third-order valence-electron chi connectivity index (χ3n) is 11.4. The molecule has 0 spiro atoms. The summed E-state index contributed by atoms with van der Waals surface area (Å²) in [7, 11) is 0. The molecule has 4 N–H and O–H groups in total. The molecule has 3 amide bonds. The molecule has 1 aliphatic heterocycles. The van der Waals surface area contributed by atoms with E-state index < -0.39 is 35.4 Å². The summed E-state index contributed by atoms with van der Waals surface area (Å²) in [5.74, 6) is 0.432. The predicted molar refractivity (Wildman–Crippen MR) is 258 cm³/mol. The van der Waals surface area contributed by atoms with Crippen molar-refractivity contribution in [3.8, 4) is 43.9 Å². The minimum Gasteiger partial charge on any atom is -0.508 e. The highest BCUT2D eigenvalue weighted by Gasteiger charge is 2.44. The van der Waals surface area contributed by atoms with Crippen molar-refractivity contribution in [3.63, 3.8) is 0 Å². The Hall–Kier alpha value is -5.91. The summed E-state index contributed by atoms with van der Waals surface area (Å²) < 4.78 is 38.1. The Morgan fingerprint density at radius 1 is 0.866 bits per heavy atom. The number of nitrogens with one attached hydrogen (secondary N) is 2. The number of aromatic nitrogens is 1. The van der Waals surface area contributed by atoms with Crippen molar-refractivity contribution >= 4 is 50.5 Å². The number of likely N-dealkylation sites (tertiary alicyclic amines) is 1. The number of hydrogen-bond acceptors (Lipinski definition) is 12. The molecule has 6 aromatic rings. The number of fused-ring (bicyclic) bond motifs is 1. The Bertz CT molecular complexity index is 2610. The van der Waals surface area contributed by atoms with Gasteiger partial charge < -0.3 is 44.7 Å². The van der Waals surface area contributed by atoms with Gasteiger partial charge in [-0.15, -0.1) is 22.7 Å². The first kappa shape index (κ1) is 49.0. The van der Waals surface area contributed by atoms with Crippen molar-refractivity contribution in [2.24, 2.45) is 5.41 Å². The number of halogens is 1. The van der Waals surface area contributed by atoms with Gasteiger partial charge in [-0.05, 0) is 97.0 Å². The highest BCUT2D eigenvalue weighted by atomic mass is 32.1. The number of thiophene rings is 1. The van der Waals surface area contributed by atoms with Gasteiger partial charge in [0.1, 0.15) is 41.8 Å². The third-order valence-corrected chi connectivity index (χ3v) is 13.5. The second kappa shape index (κ2) is 22.3. The van der Waals surface area contributed by atoms with Gasteiger partial charge in [-0.25, -0.2) is 9.37 Å². The fourth-order valence-electron chi connectivity index (χ4n) is 7.78. The molecule has 16 heteroatoms. The zero-order chi connectivity index (χ0) is 47.7. The van der Waals surface area contributed by atoms with Gasteiger partial charge in [0.15, 0.2) is 5.75 Å². The minimum atomic E-state index is -0.965. The zero-order valence-corrected chi connectivity index (χ0v) is 39.9. The summed E-state index contributed by atoms with van der Waals surface area (Å²) in [6, 6.07) is 24.3. The van der Waals surface area contributed by atoms with Crippen molar-refractivity contribution in [3.05, 3.63) is 114 Å². The number of rotatable bonds is 20. The zero-order valence-electron chi connectivity index (χ0n) is 38.3. The number of aromatic hydroxyl groups is 1. The maximum absolute atomic E-state index is 14.0. The SMILES string of the molecule is Cc1ncsc1-c1ccc([C@H](C)NC(=O)[C@@H]2C[C@@H](O)CN2C(=O)[C@@H](NC(=O)COCCCOCCCOc2ccc(Oc3c(-c4ccc(F)cc4)sc4cc(O)ccc34)cc2)C(C)(C)C)cc1. The molecule has 0 unspecified atom stereocenters. The maximum Gasteiger partial charge on any atom is 0.246 e. The lowest BCUT2D eigenvalue weighted by molar-refractivity contribution is -0.144. The monoisotopic (exact) mass is 952 g/mol. The fourth-order valence-corrected chi connectivity index (χ4v) is 9.76. The van der Waals surface area contributed by atoms with Crippen LogP contribution in [0.2, 0.25) is 0 Å². The van der Waals surface area contributed by atoms with E-state index in [0.29, 0.717) is 49.9 Å². The Morgan fingerprint density at radius 2 is 1.52 bits per heavy atom. The molecule has 13 nitrogen and oxygen atoms in total. The lowest BCUT2D eigenvalue weighted by Gasteiger charge is -2.35. The summed E-state index contributed by atoms with van der Waals surface area (Å²) in [6.45, 7) is 10.7. The van der Waals surface area contributed by atoms with E-state index in [0.717, 1.165) is 42.2 Å². The molecule has 4 atom stereocenters. The minimum absolute atomic E-state index is 0.0208. The van der Waals surface area contributed by atoms with Gasteiger partial charge in [-0.3, -0.25) is 14.4 Å². The van der Waals surface area contributed by atoms with E-state index >= 15 is 0 Å². The molecule has 354 valence electrons. The third kappa shape index (κ3) is 12.8. The van der Waals surface area contributed by atoms with Crippen molar-refractivity contribution in [1.29, 1.82) is 0 Å². The first-order valence-electron chi connectivity index (χ1n) is 22.3. The van der Waals surface area contributed by atoms with Crippen LogP contribution < -0.4 is 20.1 Å². The van der Waals surface area contributed by atoms with E-state index in [-0.39, 0.29) is 49.7 Å². The van der Waals surface area contributed by atoms with Crippen LogP contribution in [0.4, 0.5) is 4.39 Å². The molecule has 2 aromatic heterocycles. The molecule has 7 rings (SSSR count). The summed E-state index contributed by atoms with van der Waals surface area (Å²) in [5.41, 5.74) is 4.82. The Kier molecular flexibility index (Phi) is 16.3. The van der Waals surface area contributed by atoms with Crippen LogP contribution in [0, 0.1) is 18.2 Å². The second-order valence-corrected chi connectivity index (χ2v) is 19.5. The molecule has 1 aliphatic rings. The molecule has 0 bridgehead atoms. The van der Waals surface area contributed by atoms with Crippen LogP contribution in [-0.2, 0) is 23.9 Å². The first-order chi connectivity index (χ1) is 32.1. The normalized spacial score (nSPS) is 15.9. The van der Waals surface area contributed by atoms with E-state index in [1.807, 2.05) is 88.7 Å².